The molecule has 0 aromatic carbocycles. The highest BCUT2D eigenvalue weighted by molar-refractivity contribution is 5.43. The maximum atomic E-state index is 13.3. The Morgan fingerprint density at radius 2 is 2.06 bits per heavy atom. The number of hydrogen-bond donors (Lipinski definition) is 1. The second-order valence-electron chi connectivity index (χ2n) is 4.47. The monoisotopic (exact) mass is 227 g/mol. The van der Waals surface area contributed by atoms with Crippen LogP contribution in [0.5, 0.6) is 0 Å². The number of rotatable bonds is 3. The molecular weight excluding hydrogens is 212 g/mol. The molecule has 0 amide bonds. The van der Waals surface area contributed by atoms with Gasteiger partial charge in [-0.1, -0.05) is 6.07 Å². The molecular formula is C11H15F2N3. The molecule has 0 spiro atoms. The van der Waals surface area contributed by atoms with E-state index in [-0.39, 0.29) is 13.0 Å². The van der Waals surface area contributed by atoms with Gasteiger partial charge in [-0.15, -0.1) is 0 Å². The molecule has 2 N–H and O–H groups in total. The number of halogens is 2. The van der Waals surface area contributed by atoms with Gasteiger partial charge in [-0.3, -0.25) is 0 Å². The fraction of sp³-hybridized carbons (Fsp3) is 0.545. The Labute approximate surface area is 93.3 Å². The second kappa shape index (κ2) is 3.38. The molecule has 2 rings (SSSR count). The van der Waals surface area contributed by atoms with E-state index in [9.17, 15) is 8.78 Å². The zero-order chi connectivity index (χ0) is 12.0. The number of aromatic nitrogens is 1. The van der Waals surface area contributed by atoms with E-state index >= 15 is 0 Å². The number of nitrogens with two attached hydrogens (primary N) is 1. The molecule has 1 aliphatic rings. The molecule has 88 valence electrons. The molecule has 3 nitrogen and oxygen atoms in total. The Balaban J connectivity index is 2.29. The molecule has 0 aliphatic heterocycles. The Kier molecular flexibility index (Phi) is 2.38. The number of anilines is 1. The van der Waals surface area contributed by atoms with Gasteiger partial charge in [-0.25, -0.2) is 13.8 Å². The van der Waals surface area contributed by atoms with Gasteiger partial charge in [-0.2, -0.15) is 0 Å². The van der Waals surface area contributed by atoms with E-state index in [0.717, 1.165) is 5.82 Å². The van der Waals surface area contributed by atoms with Gasteiger partial charge < -0.3 is 10.6 Å². The summed E-state index contributed by atoms with van der Waals surface area (Å²) in [4.78, 5) is 5.96. The lowest BCUT2D eigenvalue weighted by Gasteiger charge is -2.16. The molecule has 1 atom stereocenters. The lowest BCUT2D eigenvalue weighted by molar-refractivity contribution is 0.0895. The summed E-state index contributed by atoms with van der Waals surface area (Å²) < 4.78 is 26.6. The quantitative estimate of drug-likeness (QED) is 0.848. The molecule has 1 saturated carbocycles. The third kappa shape index (κ3) is 1.46. The van der Waals surface area contributed by atoms with Crippen molar-refractivity contribution in [3.8, 4) is 0 Å². The Morgan fingerprint density at radius 3 is 2.38 bits per heavy atom. The predicted octanol–water partition coefficient (Wildman–Crippen LogP) is 1.38. The molecule has 0 radical (unpaired) electrons. The maximum absolute atomic E-state index is 13.3. The van der Waals surface area contributed by atoms with Crippen molar-refractivity contribution in [3.05, 3.63) is 23.9 Å². The van der Waals surface area contributed by atoms with E-state index in [1.807, 2.05) is 19.0 Å². The van der Waals surface area contributed by atoms with Crippen LogP contribution >= 0.6 is 0 Å². The van der Waals surface area contributed by atoms with E-state index in [4.69, 9.17) is 5.73 Å². The standard InChI is InChI=1S/C11H15F2N3/c1-16(2)9-4-3-8(5-15-9)10(7-14)6-11(10,12)13/h3-5H,6-7,14H2,1-2H3. The summed E-state index contributed by atoms with van der Waals surface area (Å²) in [6.45, 7) is -0.0387. The number of alkyl halides is 2. The van der Waals surface area contributed by atoms with Crippen LogP contribution in [0.3, 0.4) is 0 Å². The van der Waals surface area contributed by atoms with Crippen LogP contribution in [-0.2, 0) is 5.41 Å². The lowest BCUT2D eigenvalue weighted by atomic mass is 9.97. The van der Waals surface area contributed by atoms with Gasteiger partial charge in [0.1, 0.15) is 5.82 Å². The van der Waals surface area contributed by atoms with Crippen LogP contribution < -0.4 is 10.6 Å². The first-order chi connectivity index (χ1) is 7.43. The van der Waals surface area contributed by atoms with Crippen LogP contribution in [0.25, 0.3) is 0 Å². The summed E-state index contributed by atoms with van der Waals surface area (Å²) >= 11 is 0. The summed E-state index contributed by atoms with van der Waals surface area (Å²) in [5.74, 6) is -1.93. The van der Waals surface area contributed by atoms with Crippen molar-refractivity contribution in [3.63, 3.8) is 0 Å². The van der Waals surface area contributed by atoms with Gasteiger partial charge in [0.05, 0.1) is 5.41 Å². The van der Waals surface area contributed by atoms with Gasteiger partial charge in [0.25, 0.3) is 5.92 Å². The van der Waals surface area contributed by atoms with Crippen molar-refractivity contribution in [2.45, 2.75) is 17.8 Å². The number of pyridine rings is 1. The molecule has 16 heavy (non-hydrogen) atoms. The lowest BCUT2D eigenvalue weighted by Crippen LogP contribution is -2.27. The van der Waals surface area contributed by atoms with Crippen molar-refractivity contribution in [2.75, 3.05) is 25.5 Å². The summed E-state index contributed by atoms with van der Waals surface area (Å²) in [7, 11) is 3.71. The first kappa shape index (κ1) is 11.3. The summed E-state index contributed by atoms with van der Waals surface area (Å²) in [5.41, 5.74) is 4.81. The van der Waals surface area contributed by atoms with Crippen LogP contribution in [0.1, 0.15) is 12.0 Å². The molecule has 0 saturated heterocycles. The van der Waals surface area contributed by atoms with Gasteiger partial charge >= 0.3 is 0 Å². The minimum Gasteiger partial charge on any atom is -0.363 e. The number of nitrogens with zero attached hydrogens (tertiary/aromatic N) is 2. The van der Waals surface area contributed by atoms with E-state index in [1.54, 1.807) is 12.1 Å². The van der Waals surface area contributed by atoms with E-state index in [2.05, 4.69) is 4.98 Å². The van der Waals surface area contributed by atoms with Crippen molar-refractivity contribution in [2.24, 2.45) is 5.73 Å². The van der Waals surface area contributed by atoms with Gasteiger partial charge in [-0.05, 0) is 11.6 Å². The molecule has 1 aromatic heterocycles. The molecule has 5 heteroatoms. The van der Waals surface area contributed by atoms with Gasteiger partial charge in [0.2, 0.25) is 0 Å². The highest BCUT2D eigenvalue weighted by atomic mass is 19.3. The molecule has 1 unspecified atom stereocenters. The van der Waals surface area contributed by atoms with Crippen molar-refractivity contribution in [1.82, 2.24) is 4.98 Å². The van der Waals surface area contributed by atoms with Gasteiger partial charge in [0, 0.05) is 33.3 Å². The molecule has 1 aromatic rings. The molecule has 1 aliphatic carbocycles. The zero-order valence-electron chi connectivity index (χ0n) is 9.37. The molecule has 0 bridgehead atoms. The SMILES string of the molecule is CN(C)c1ccc(C2(CN)CC2(F)F)cn1. The third-order valence-corrected chi connectivity index (χ3v) is 3.21. The topological polar surface area (TPSA) is 42.1 Å². The average molecular weight is 227 g/mol. The largest absolute Gasteiger partial charge is 0.363 e. The summed E-state index contributed by atoms with van der Waals surface area (Å²) in [6, 6.07) is 3.43. The van der Waals surface area contributed by atoms with E-state index in [1.165, 1.54) is 6.20 Å². The van der Waals surface area contributed by atoms with Crippen LogP contribution in [0, 0.1) is 0 Å². The Hall–Kier alpha value is -1.23. The third-order valence-electron chi connectivity index (χ3n) is 3.21. The van der Waals surface area contributed by atoms with Crippen LogP contribution in [0.15, 0.2) is 18.3 Å². The first-order valence-electron chi connectivity index (χ1n) is 5.15. The first-order valence-corrected chi connectivity index (χ1v) is 5.15. The second-order valence-corrected chi connectivity index (χ2v) is 4.47. The van der Waals surface area contributed by atoms with Crippen molar-refractivity contribution in [1.29, 1.82) is 0 Å². The highest BCUT2D eigenvalue weighted by Crippen LogP contribution is 2.60. The zero-order valence-corrected chi connectivity index (χ0v) is 9.37. The highest BCUT2D eigenvalue weighted by Gasteiger charge is 2.71. The number of hydrogen-bond acceptors (Lipinski definition) is 3. The van der Waals surface area contributed by atoms with E-state index < -0.39 is 11.3 Å². The maximum Gasteiger partial charge on any atom is 0.260 e. The molecule has 1 fully saturated rings. The Morgan fingerprint density at radius 1 is 1.44 bits per heavy atom. The van der Waals surface area contributed by atoms with Crippen LogP contribution in [0.2, 0.25) is 0 Å². The predicted molar refractivity (Wildman–Crippen MR) is 58.9 cm³/mol. The van der Waals surface area contributed by atoms with Gasteiger partial charge in [0.15, 0.2) is 0 Å². The average Bonchev–Trinajstić information content (AvgIpc) is 2.82. The smallest absolute Gasteiger partial charge is 0.260 e. The minimum absolute atomic E-state index is 0.0387. The fourth-order valence-electron chi connectivity index (χ4n) is 1.92. The van der Waals surface area contributed by atoms with Crippen molar-refractivity contribution >= 4 is 5.82 Å². The normalized spacial score (nSPS) is 26.6. The molecule has 1 heterocycles. The Bertz CT molecular complexity index is 389. The fourth-order valence-corrected chi connectivity index (χ4v) is 1.92. The minimum atomic E-state index is -2.68. The van der Waals surface area contributed by atoms with Crippen LogP contribution in [0.4, 0.5) is 14.6 Å². The summed E-state index contributed by atoms with van der Waals surface area (Å²) in [5, 5.41) is 0. The summed E-state index contributed by atoms with van der Waals surface area (Å²) in [6.07, 6.45) is 1.34. The van der Waals surface area contributed by atoms with Crippen molar-refractivity contribution < 1.29 is 8.78 Å². The van der Waals surface area contributed by atoms with E-state index in [0.29, 0.717) is 5.56 Å². The van der Waals surface area contributed by atoms with Crippen LogP contribution in [-0.4, -0.2) is 31.5 Å².